The molecule has 2 aromatic rings. The summed E-state index contributed by atoms with van der Waals surface area (Å²) in [7, 11) is 1.84. The van der Waals surface area contributed by atoms with E-state index in [-0.39, 0.29) is 17.5 Å². The van der Waals surface area contributed by atoms with Gasteiger partial charge in [0.05, 0.1) is 10.9 Å². The Hall–Kier alpha value is -3.87. The predicted octanol–water partition coefficient (Wildman–Crippen LogP) is 5.51. The second-order valence-corrected chi connectivity index (χ2v) is 11.6. The van der Waals surface area contributed by atoms with Crippen molar-refractivity contribution in [3.8, 4) is 11.3 Å². The molecule has 0 saturated heterocycles. The van der Waals surface area contributed by atoms with E-state index >= 15 is 0 Å². The number of benzene rings is 2. The van der Waals surface area contributed by atoms with Gasteiger partial charge in [-0.05, 0) is 76.3 Å². The normalized spacial score (nSPS) is 16.5. The SMILES string of the molecule is CCN1CCCc2cc3c4oc5cc6c(cc5cc-4c(=O)[n+](C)c3cc21)C(C)=CC(C)(C)N6CCCC(=O)O. The van der Waals surface area contributed by atoms with Gasteiger partial charge < -0.3 is 19.3 Å². The zero-order chi connectivity index (χ0) is 27.6. The van der Waals surface area contributed by atoms with Crippen LogP contribution in [0.3, 0.4) is 0 Å². The van der Waals surface area contributed by atoms with E-state index in [2.05, 4.69) is 67.8 Å². The number of hydrogen-bond donors (Lipinski definition) is 1. The third-order valence-electron chi connectivity index (χ3n) is 8.57. The lowest BCUT2D eigenvalue weighted by atomic mass is 9.87. The van der Waals surface area contributed by atoms with Gasteiger partial charge in [0.1, 0.15) is 18.2 Å². The number of rotatable bonds is 5. The molecular weight excluding hydrogens is 490 g/mol. The van der Waals surface area contributed by atoms with Gasteiger partial charge in [-0.15, -0.1) is 0 Å². The number of carboxylic acids is 1. The Bertz CT molecular complexity index is 1710. The molecule has 0 bridgehead atoms. The Morgan fingerprint density at radius 1 is 1.13 bits per heavy atom. The molecule has 1 N–H and O–H groups in total. The zero-order valence-electron chi connectivity index (χ0n) is 23.4. The van der Waals surface area contributed by atoms with E-state index in [1.807, 2.05) is 13.1 Å². The van der Waals surface area contributed by atoms with Crippen LogP contribution < -0.4 is 19.9 Å². The maximum atomic E-state index is 13.6. The van der Waals surface area contributed by atoms with Crippen LogP contribution >= 0.6 is 0 Å². The highest BCUT2D eigenvalue weighted by atomic mass is 16.4. The van der Waals surface area contributed by atoms with E-state index in [0.29, 0.717) is 24.3 Å². The summed E-state index contributed by atoms with van der Waals surface area (Å²) in [4.78, 5) is 29.5. The average Bonchev–Trinajstić information content (AvgIpc) is 2.90. The van der Waals surface area contributed by atoms with Gasteiger partial charge in [0.2, 0.25) is 5.52 Å². The molecule has 0 fully saturated rings. The van der Waals surface area contributed by atoms with Gasteiger partial charge in [0, 0.05) is 60.5 Å². The molecule has 202 valence electrons. The maximum absolute atomic E-state index is 13.6. The Morgan fingerprint density at radius 2 is 1.90 bits per heavy atom. The van der Waals surface area contributed by atoms with E-state index < -0.39 is 5.97 Å². The number of allylic oxidation sites excluding steroid dienone is 1. The minimum absolute atomic E-state index is 0.0663. The van der Waals surface area contributed by atoms with Crippen molar-refractivity contribution in [2.45, 2.75) is 58.9 Å². The van der Waals surface area contributed by atoms with Crippen LogP contribution in [-0.2, 0) is 18.3 Å². The molecule has 0 aromatic heterocycles. The molecule has 2 aromatic carbocycles. The second-order valence-electron chi connectivity index (χ2n) is 11.6. The summed E-state index contributed by atoms with van der Waals surface area (Å²) in [6.45, 7) is 11.2. The molecular formula is C32H36N3O4+. The topological polar surface area (TPSA) is 77.9 Å². The number of aliphatic carboxylic acids is 1. The third-order valence-corrected chi connectivity index (χ3v) is 8.57. The summed E-state index contributed by atoms with van der Waals surface area (Å²) >= 11 is 0. The lowest BCUT2D eigenvalue weighted by Gasteiger charge is -2.43. The molecule has 0 saturated carbocycles. The lowest BCUT2D eigenvalue weighted by Crippen LogP contribution is -2.48. The second kappa shape index (κ2) is 9.11. The van der Waals surface area contributed by atoms with E-state index in [1.165, 1.54) is 11.3 Å². The van der Waals surface area contributed by atoms with Crippen molar-refractivity contribution in [3.05, 3.63) is 57.9 Å². The fourth-order valence-electron chi connectivity index (χ4n) is 6.64. The number of fused-ring (bicyclic) bond motifs is 6. The van der Waals surface area contributed by atoms with Crippen LogP contribution in [-0.4, -0.2) is 36.2 Å². The molecule has 0 spiro atoms. The zero-order valence-corrected chi connectivity index (χ0v) is 23.4. The highest BCUT2D eigenvalue weighted by Crippen LogP contribution is 2.43. The fourth-order valence-corrected chi connectivity index (χ4v) is 6.64. The van der Waals surface area contributed by atoms with Crippen molar-refractivity contribution in [1.29, 1.82) is 0 Å². The van der Waals surface area contributed by atoms with Crippen molar-refractivity contribution in [1.82, 2.24) is 0 Å². The highest BCUT2D eigenvalue weighted by molar-refractivity contribution is 5.98. The van der Waals surface area contributed by atoms with Crippen molar-refractivity contribution < 1.29 is 18.9 Å². The van der Waals surface area contributed by atoms with Crippen LogP contribution in [0.15, 0.2) is 45.6 Å². The van der Waals surface area contributed by atoms with Gasteiger partial charge in [-0.25, -0.2) is 4.79 Å². The summed E-state index contributed by atoms with van der Waals surface area (Å²) in [5, 5.41) is 11.0. The van der Waals surface area contributed by atoms with E-state index in [0.717, 1.165) is 64.6 Å². The molecule has 7 nitrogen and oxygen atoms in total. The Labute approximate surface area is 228 Å². The molecule has 0 atom stereocenters. The molecule has 0 radical (unpaired) electrons. The monoisotopic (exact) mass is 526 g/mol. The first-order chi connectivity index (χ1) is 18.6. The first kappa shape index (κ1) is 25.4. The number of nitrogens with zero attached hydrogens (tertiary/aromatic N) is 3. The third kappa shape index (κ3) is 4.06. The summed E-state index contributed by atoms with van der Waals surface area (Å²) < 4.78 is 8.38. The van der Waals surface area contributed by atoms with Crippen LogP contribution in [0.25, 0.3) is 38.8 Å². The van der Waals surface area contributed by atoms with Crippen molar-refractivity contribution >= 4 is 44.8 Å². The molecule has 0 aliphatic carbocycles. The lowest BCUT2D eigenvalue weighted by molar-refractivity contribution is -0.658. The van der Waals surface area contributed by atoms with Gasteiger partial charge in [0.15, 0.2) is 5.76 Å². The summed E-state index contributed by atoms with van der Waals surface area (Å²) in [6.07, 6.45) is 5.04. The Morgan fingerprint density at radius 3 is 2.64 bits per heavy atom. The number of carboxylic acid groups (broad SMARTS) is 1. The fraction of sp³-hybridized carbons (Fsp3) is 0.406. The van der Waals surface area contributed by atoms with Gasteiger partial charge >= 0.3 is 11.5 Å². The standard InChI is InChI=1S/C32H35N3O4/c1-6-34-11-7-9-20-13-23-26(16-25(20)34)33(5)31(38)24-15-21-14-22-19(2)18-32(3,4)35(12-8-10-29(36)37)27(22)17-28(21)39-30(23)24/h13-18H,6-12H2,1-5H3/p+1. The minimum Gasteiger partial charge on any atom is -0.481 e. The largest absolute Gasteiger partial charge is 0.481 e. The average molecular weight is 527 g/mol. The van der Waals surface area contributed by atoms with Crippen LogP contribution in [0.4, 0.5) is 11.4 Å². The summed E-state index contributed by atoms with van der Waals surface area (Å²) in [5.74, 6) is -0.161. The quantitative estimate of drug-likeness (QED) is 0.210. The van der Waals surface area contributed by atoms with Crippen LogP contribution in [0.2, 0.25) is 0 Å². The number of aryl methyl sites for hydroxylation is 2. The number of pyridine rings is 1. The van der Waals surface area contributed by atoms with Crippen LogP contribution in [0.1, 0.15) is 58.1 Å². The molecule has 4 aliphatic rings. The molecule has 0 amide bonds. The molecule has 7 heteroatoms. The molecule has 39 heavy (non-hydrogen) atoms. The van der Waals surface area contributed by atoms with Crippen molar-refractivity contribution in [3.63, 3.8) is 0 Å². The minimum atomic E-state index is -0.783. The van der Waals surface area contributed by atoms with E-state index in [9.17, 15) is 14.7 Å². The Balaban J connectivity index is 1.59. The van der Waals surface area contributed by atoms with E-state index in [1.54, 1.807) is 4.57 Å². The molecule has 4 aliphatic heterocycles. The van der Waals surface area contributed by atoms with Crippen molar-refractivity contribution in [2.24, 2.45) is 7.05 Å². The maximum Gasteiger partial charge on any atom is 0.423 e. The van der Waals surface area contributed by atoms with Crippen LogP contribution in [0.5, 0.6) is 0 Å². The Kier molecular flexibility index (Phi) is 5.93. The summed E-state index contributed by atoms with van der Waals surface area (Å²) in [5.41, 5.74) is 7.62. The molecule has 0 unspecified atom stereocenters. The number of anilines is 2. The van der Waals surface area contributed by atoms with Gasteiger partial charge in [-0.3, -0.25) is 4.79 Å². The van der Waals surface area contributed by atoms with Crippen molar-refractivity contribution in [2.75, 3.05) is 29.4 Å². The van der Waals surface area contributed by atoms with E-state index in [4.69, 9.17) is 4.42 Å². The van der Waals surface area contributed by atoms with Gasteiger partial charge in [-0.2, -0.15) is 4.57 Å². The first-order valence-electron chi connectivity index (χ1n) is 13.9. The highest BCUT2D eigenvalue weighted by Gasteiger charge is 2.33. The predicted molar refractivity (Wildman–Crippen MR) is 156 cm³/mol. The van der Waals surface area contributed by atoms with Crippen LogP contribution in [0, 0.1) is 0 Å². The molecule has 4 heterocycles. The smallest absolute Gasteiger partial charge is 0.423 e. The number of aromatic nitrogens is 1. The number of hydrogen-bond acceptors (Lipinski definition) is 5. The van der Waals surface area contributed by atoms with Gasteiger partial charge in [-0.1, -0.05) is 6.08 Å². The summed E-state index contributed by atoms with van der Waals surface area (Å²) in [6, 6.07) is 10.5. The molecule has 6 rings (SSSR count). The van der Waals surface area contributed by atoms with Gasteiger partial charge in [0.25, 0.3) is 0 Å². The first-order valence-corrected chi connectivity index (χ1v) is 13.9. The number of carbonyl (C=O) groups is 1.